The van der Waals surface area contributed by atoms with Gasteiger partial charge in [0.15, 0.2) is 0 Å². The van der Waals surface area contributed by atoms with Gasteiger partial charge >= 0.3 is 0 Å². The molecule has 2 N–H and O–H groups in total. The van der Waals surface area contributed by atoms with E-state index in [1.807, 2.05) is 11.9 Å². The van der Waals surface area contributed by atoms with Gasteiger partial charge in [0, 0.05) is 26.2 Å². The van der Waals surface area contributed by atoms with E-state index in [4.69, 9.17) is 10.5 Å². The molecule has 1 heterocycles. The van der Waals surface area contributed by atoms with E-state index in [0.717, 1.165) is 38.8 Å². The van der Waals surface area contributed by atoms with E-state index in [1.54, 1.807) is 7.11 Å². The van der Waals surface area contributed by atoms with Crippen molar-refractivity contribution < 1.29 is 9.53 Å². The molecule has 0 aliphatic carbocycles. The predicted molar refractivity (Wildman–Crippen MR) is 72.4 cm³/mol. The molecular weight excluding hydrogens is 230 g/mol. The first-order chi connectivity index (χ1) is 8.69. The van der Waals surface area contributed by atoms with Crippen molar-refractivity contribution in [1.82, 2.24) is 9.80 Å². The summed E-state index contributed by atoms with van der Waals surface area (Å²) < 4.78 is 5.22. The summed E-state index contributed by atoms with van der Waals surface area (Å²) in [5.74, 6) is 0.240. The van der Waals surface area contributed by atoms with Crippen LogP contribution in [-0.4, -0.2) is 68.7 Å². The quantitative estimate of drug-likeness (QED) is 0.679. The van der Waals surface area contributed by atoms with Crippen LogP contribution >= 0.6 is 0 Å². The number of nitrogens with zero attached hydrogens (tertiary/aromatic N) is 2. The molecule has 0 aromatic heterocycles. The van der Waals surface area contributed by atoms with E-state index < -0.39 is 0 Å². The number of hydrogen-bond donors (Lipinski definition) is 1. The monoisotopic (exact) mass is 257 g/mol. The zero-order valence-electron chi connectivity index (χ0n) is 11.7. The zero-order valence-corrected chi connectivity index (χ0v) is 11.7. The molecule has 5 nitrogen and oxygen atoms in total. The van der Waals surface area contributed by atoms with E-state index in [9.17, 15) is 4.79 Å². The maximum absolute atomic E-state index is 12.1. The Labute approximate surface area is 110 Å². The Kier molecular flexibility index (Phi) is 7.23. The molecule has 1 fully saturated rings. The minimum atomic E-state index is 0.240. The number of likely N-dealkylation sites (N-methyl/N-ethyl adjacent to an activating group) is 1. The molecular formula is C13H27N3O2. The van der Waals surface area contributed by atoms with E-state index in [0.29, 0.717) is 19.7 Å². The summed E-state index contributed by atoms with van der Waals surface area (Å²) in [7, 11) is 3.69. The van der Waals surface area contributed by atoms with Crippen molar-refractivity contribution in [3.05, 3.63) is 0 Å². The smallest absolute Gasteiger partial charge is 0.236 e. The molecule has 1 aliphatic heterocycles. The van der Waals surface area contributed by atoms with Crippen LogP contribution in [0.1, 0.15) is 25.7 Å². The number of rotatable bonds is 8. The Bertz CT molecular complexity index is 242. The highest BCUT2D eigenvalue weighted by Crippen LogP contribution is 2.10. The van der Waals surface area contributed by atoms with Crippen LogP contribution in [0.25, 0.3) is 0 Å². The highest BCUT2D eigenvalue weighted by molar-refractivity contribution is 5.78. The summed E-state index contributed by atoms with van der Waals surface area (Å²) >= 11 is 0. The Morgan fingerprint density at radius 1 is 1.44 bits per heavy atom. The first-order valence-corrected chi connectivity index (χ1v) is 6.86. The van der Waals surface area contributed by atoms with Crippen LogP contribution in [0.4, 0.5) is 0 Å². The Morgan fingerprint density at radius 3 is 2.67 bits per heavy atom. The second-order valence-electron chi connectivity index (χ2n) is 5.04. The van der Waals surface area contributed by atoms with Crippen LogP contribution in [0.15, 0.2) is 0 Å². The third kappa shape index (κ3) is 4.92. The summed E-state index contributed by atoms with van der Waals surface area (Å²) in [5.41, 5.74) is 5.54. The molecule has 0 aromatic rings. The van der Waals surface area contributed by atoms with Gasteiger partial charge in [0.1, 0.15) is 0 Å². The average molecular weight is 257 g/mol. The van der Waals surface area contributed by atoms with Gasteiger partial charge < -0.3 is 15.4 Å². The molecule has 1 aliphatic rings. The maximum atomic E-state index is 12.1. The third-order valence-electron chi connectivity index (χ3n) is 3.57. The van der Waals surface area contributed by atoms with Gasteiger partial charge in [-0.1, -0.05) is 0 Å². The fourth-order valence-corrected chi connectivity index (χ4v) is 2.39. The fourth-order valence-electron chi connectivity index (χ4n) is 2.39. The highest BCUT2D eigenvalue weighted by atomic mass is 16.5. The van der Waals surface area contributed by atoms with Crippen molar-refractivity contribution in [1.29, 1.82) is 0 Å². The molecule has 0 radical (unpaired) electrons. The number of likely N-dealkylation sites (tertiary alicyclic amines) is 1. The molecule has 1 saturated heterocycles. The zero-order chi connectivity index (χ0) is 13.4. The number of ether oxygens (including phenoxy) is 1. The first kappa shape index (κ1) is 15.4. The standard InChI is InChI=1S/C13H27N3O2/c1-15(12(11-18-2)6-5-7-14)10-13(17)16-8-3-4-9-16/h12H,3-11,14H2,1-2H3. The molecule has 0 bridgehead atoms. The van der Waals surface area contributed by atoms with E-state index in [1.165, 1.54) is 0 Å². The van der Waals surface area contributed by atoms with Gasteiger partial charge in [0.25, 0.3) is 0 Å². The molecule has 5 heteroatoms. The van der Waals surface area contributed by atoms with Crippen LogP contribution in [0.2, 0.25) is 0 Å². The second kappa shape index (κ2) is 8.45. The number of carbonyl (C=O) groups excluding carboxylic acids is 1. The maximum Gasteiger partial charge on any atom is 0.236 e. The Balaban J connectivity index is 2.38. The number of nitrogens with two attached hydrogens (primary N) is 1. The number of amides is 1. The lowest BCUT2D eigenvalue weighted by molar-refractivity contribution is -0.131. The van der Waals surface area contributed by atoms with Crippen LogP contribution < -0.4 is 5.73 Å². The molecule has 1 amide bonds. The molecule has 0 aromatic carbocycles. The third-order valence-corrected chi connectivity index (χ3v) is 3.57. The topological polar surface area (TPSA) is 58.8 Å². The van der Waals surface area contributed by atoms with Crippen LogP contribution in [-0.2, 0) is 9.53 Å². The van der Waals surface area contributed by atoms with E-state index >= 15 is 0 Å². The van der Waals surface area contributed by atoms with Crippen molar-refractivity contribution in [2.24, 2.45) is 5.73 Å². The number of hydrogen-bond acceptors (Lipinski definition) is 4. The van der Waals surface area contributed by atoms with Crippen molar-refractivity contribution in [3.8, 4) is 0 Å². The molecule has 1 rings (SSSR count). The SMILES string of the molecule is COCC(CCCN)N(C)CC(=O)N1CCCC1. The Hall–Kier alpha value is -0.650. The molecule has 0 saturated carbocycles. The fraction of sp³-hybridized carbons (Fsp3) is 0.923. The van der Waals surface area contributed by atoms with Gasteiger partial charge in [0.05, 0.1) is 13.2 Å². The Morgan fingerprint density at radius 2 is 2.11 bits per heavy atom. The molecule has 18 heavy (non-hydrogen) atoms. The summed E-state index contributed by atoms with van der Waals surface area (Å²) in [6, 6.07) is 0.283. The van der Waals surface area contributed by atoms with Crippen molar-refractivity contribution in [2.45, 2.75) is 31.7 Å². The van der Waals surface area contributed by atoms with E-state index in [-0.39, 0.29) is 11.9 Å². The number of carbonyl (C=O) groups is 1. The predicted octanol–water partition coefficient (Wildman–Crippen LogP) is 0.295. The minimum absolute atomic E-state index is 0.240. The van der Waals surface area contributed by atoms with Gasteiger partial charge in [-0.05, 0) is 39.3 Å². The lowest BCUT2D eigenvalue weighted by Gasteiger charge is -2.28. The lowest BCUT2D eigenvalue weighted by Crippen LogP contribution is -2.43. The lowest BCUT2D eigenvalue weighted by atomic mass is 10.1. The van der Waals surface area contributed by atoms with Gasteiger partial charge in [-0.3, -0.25) is 9.69 Å². The summed E-state index contributed by atoms with van der Waals surface area (Å²) in [4.78, 5) is 16.1. The molecule has 106 valence electrons. The summed E-state index contributed by atoms with van der Waals surface area (Å²) in [5, 5.41) is 0. The van der Waals surface area contributed by atoms with Gasteiger partial charge in [-0.25, -0.2) is 0 Å². The molecule has 1 atom stereocenters. The minimum Gasteiger partial charge on any atom is -0.383 e. The van der Waals surface area contributed by atoms with Crippen molar-refractivity contribution >= 4 is 5.91 Å². The normalized spacial score (nSPS) is 17.4. The average Bonchev–Trinajstić information content (AvgIpc) is 2.88. The molecule has 1 unspecified atom stereocenters. The van der Waals surface area contributed by atoms with E-state index in [2.05, 4.69) is 4.90 Å². The number of methoxy groups -OCH3 is 1. The van der Waals surface area contributed by atoms with Crippen LogP contribution in [0.3, 0.4) is 0 Å². The second-order valence-corrected chi connectivity index (χ2v) is 5.04. The highest BCUT2D eigenvalue weighted by Gasteiger charge is 2.22. The van der Waals surface area contributed by atoms with Crippen LogP contribution in [0.5, 0.6) is 0 Å². The first-order valence-electron chi connectivity index (χ1n) is 6.86. The van der Waals surface area contributed by atoms with Gasteiger partial charge in [0.2, 0.25) is 5.91 Å². The largest absolute Gasteiger partial charge is 0.383 e. The summed E-state index contributed by atoms with van der Waals surface area (Å²) in [6.45, 7) is 3.67. The van der Waals surface area contributed by atoms with Crippen molar-refractivity contribution in [3.63, 3.8) is 0 Å². The van der Waals surface area contributed by atoms with Crippen molar-refractivity contribution in [2.75, 3.05) is 46.9 Å². The summed E-state index contributed by atoms with van der Waals surface area (Å²) in [6.07, 6.45) is 4.23. The van der Waals surface area contributed by atoms with Crippen LogP contribution in [0, 0.1) is 0 Å². The molecule has 0 spiro atoms. The van der Waals surface area contributed by atoms with Gasteiger partial charge in [-0.15, -0.1) is 0 Å². The van der Waals surface area contributed by atoms with Gasteiger partial charge in [-0.2, -0.15) is 0 Å².